The Hall–Kier alpha value is -1.28. The highest BCUT2D eigenvalue weighted by Gasteiger charge is 2.34. The van der Waals surface area contributed by atoms with Crippen molar-refractivity contribution < 1.29 is 23.0 Å². The molecule has 0 saturated carbocycles. The Labute approximate surface area is 119 Å². The van der Waals surface area contributed by atoms with E-state index in [0.717, 1.165) is 18.3 Å². The molecule has 0 spiro atoms. The number of alkyl halides is 2. The van der Waals surface area contributed by atoms with Crippen molar-refractivity contribution in [3.63, 3.8) is 0 Å². The van der Waals surface area contributed by atoms with Crippen LogP contribution in [0.25, 0.3) is 0 Å². The average Bonchev–Trinajstić information content (AvgIpc) is 2.85. The molecule has 1 aliphatic rings. The van der Waals surface area contributed by atoms with Gasteiger partial charge in [0.15, 0.2) is 10.7 Å². The minimum Gasteiger partial charge on any atom is -0.461 e. The van der Waals surface area contributed by atoms with Crippen LogP contribution in [0.4, 0.5) is 13.8 Å². The van der Waals surface area contributed by atoms with Crippen LogP contribution in [0.15, 0.2) is 0 Å². The Balaban J connectivity index is 2.36. The van der Waals surface area contributed by atoms with Crippen molar-refractivity contribution in [3.05, 3.63) is 10.7 Å². The first-order valence-corrected chi connectivity index (χ1v) is 7.14. The van der Waals surface area contributed by atoms with E-state index in [2.05, 4.69) is 4.98 Å². The molecule has 2 rings (SSSR count). The summed E-state index contributed by atoms with van der Waals surface area (Å²) in [5.41, 5.74) is -0.0322. The minimum absolute atomic E-state index is 0.0322. The molecular weight excluding hydrogens is 290 g/mol. The molecule has 1 aromatic rings. The molecule has 0 bridgehead atoms. The Morgan fingerprint density at radius 1 is 1.50 bits per heavy atom. The first kappa shape index (κ1) is 15.1. The van der Waals surface area contributed by atoms with Gasteiger partial charge in [0.25, 0.3) is 5.92 Å². The lowest BCUT2D eigenvalue weighted by molar-refractivity contribution is 0.0169. The standard InChI is InChI=1S/C12H16F2N2O3S/c1-3-19-10(17)8-9(16-4-6-18-7-5-16)20-11(15-8)12(2,13)14/h3-7H2,1-2H3. The van der Waals surface area contributed by atoms with Gasteiger partial charge in [-0.1, -0.05) is 11.3 Å². The molecule has 0 radical (unpaired) electrons. The number of aromatic nitrogens is 1. The van der Waals surface area contributed by atoms with Gasteiger partial charge in [-0.25, -0.2) is 9.78 Å². The summed E-state index contributed by atoms with van der Waals surface area (Å²) in [7, 11) is 0. The van der Waals surface area contributed by atoms with Crippen LogP contribution >= 0.6 is 11.3 Å². The molecule has 1 aromatic heterocycles. The Kier molecular flexibility index (Phi) is 4.54. The molecule has 0 aliphatic carbocycles. The third-order valence-corrected chi connectivity index (χ3v) is 4.04. The monoisotopic (exact) mass is 306 g/mol. The average molecular weight is 306 g/mol. The Bertz CT molecular complexity index is 482. The summed E-state index contributed by atoms with van der Waals surface area (Å²) in [6, 6.07) is 0. The number of halogens is 2. The molecule has 0 unspecified atom stereocenters. The number of hydrogen-bond donors (Lipinski definition) is 0. The van der Waals surface area contributed by atoms with Gasteiger partial charge in [-0.05, 0) is 6.92 Å². The van der Waals surface area contributed by atoms with E-state index in [9.17, 15) is 13.6 Å². The number of thiazole rings is 1. The number of hydrogen-bond acceptors (Lipinski definition) is 6. The highest BCUT2D eigenvalue weighted by molar-refractivity contribution is 7.16. The molecule has 1 aliphatic heterocycles. The van der Waals surface area contributed by atoms with E-state index >= 15 is 0 Å². The van der Waals surface area contributed by atoms with Crippen LogP contribution in [0, 0.1) is 0 Å². The fourth-order valence-corrected chi connectivity index (χ4v) is 2.85. The van der Waals surface area contributed by atoms with Crippen molar-refractivity contribution in [2.24, 2.45) is 0 Å². The second-order valence-corrected chi connectivity index (χ2v) is 5.36. The first-order valence-electron chi connectivity index (χ1n) is 6.32. The second kappa shape index (κ2) is 6.01. The number of ether oxygens (including phenoxy) is 2. The van der Waals surface area contributed by atoms with Crippen molar-refractivity contribution in [1.29, 1.82) is 0 Å². The number of esters is 1. The summed E-state index contributed by atoms with van der Waals surface area (Å²) in [6.45, 7) is 4.69. The molecule has 5 nitrogen and oxygen atoms in total. The van der Waals surface area contributed by atoms with Crippen molar-refractivity contribution in [3.8, 4) is 0 Å². The van der Waals surface area contributed by atoms with Gasteiger partial charge in [-0.2, -0.15) is 8.78 Å². The van der Waals surface area contributed by atoms with Gasteiger partial charge in [-0.3, -0.25) is 0 Å². The predicted octanol–water partition coefficient (Wildman–Crippen LogP) is 2.27. The van der Waals surface area contributed by atoms with E-state index in [1.807, 2.05) is 4.90 Å². The number of carbonyl (C=O) groups is 1. The number of rotatable bonds is 4. The van der Waals surface area contributed by atoms with Crippen LogP contribution in [-0.4, -0.2) is 43.9 Å². The number of nitrogens with zero attached hydrogens (tertiary/aromatic N) is 2. The molecule has 0 N–H and O–H groups in total. The highest BCUT2D eigenvalue weighted by Crippen LogP contribution is 2.37. The van der Waals surface area contributed by atoms with Crippen LogP contribution in [0.3, 0.4) is 0 Å². The lowest BCUT2D eigenvalue weighted by Gasteiger charge is -2.27. The van der Waals surface area contributed by atoms with E-state index in [1.54, 1.807) is 6.92 Å². The van der Waals surface area contributed by atoms with Gasteiger partial charge in [0, 0.05) is 20.0 Å². The summed E-state index contributed by atoms with van der Waals surface area (Å²) < 4.78 is 36.9. The molecule has 0 aromatic carbocycles. The van der Waals surface area contributed by atoms with Crippen molar-refractivity contribution in [2.75, 3.05) is 37.8 Å². The molecule has 2 heterocycles. The summed E-state index contributed by atoms with van der Waals surface area (Å²) >= 11 is 0.836. The van der Waals surface area contributed by atoms with Crippen LogP contribution in [-0.2, 0) is 15.4 Å². The van der Waals surface area contributed by atoms with Crippen LogP contribution in [0.1, 0.15) is 29.3 Å². The number of carbonyl (C=O) groups excluding carboxylic acids is 1. The minimum atomic E-state index is -3.07. The topological polar surface area (TPSA) is 51.7 Å². The van der Waals surface area contributed by atoms with E-state index in [-0.39, 0.29) is 17.3 Å². The zero-order valence-electron chi connectivity index (χ0n) is 11.3. The number of morpholine rings is 1. The maximum atomic E-state index is 13.4. The summed E-state index contributed by atoms with van der Waals surface area (Å²) in [6.07, 6.45) is 0. The van der Waals surface area contributed by atoms with E-state index in [4.69, 9.17) is 9.47 Å². The van der Waals surface area contributed by atoms with Crippen LogP contribution < -0.4 is 4.90 Å². The fraction of sp³-hybridized carbons (Fsp3) is 0.667. The lowest BCUT2D eigenvalue weighted by atomic mass is 10.3. The quantitative estimate of drug-likeness (QED) is 0.799. The number of anilines is 1. The first-order chi connectivity index (χ1) is 9.43. The molecular formula is C12H16F2N2O3S. The molecule has 0 atom stereocenters. The molecule has 1 saturated heterocycles. The van der Waals surface area contributed by atoms with Crippen molar-refractivity contribution in [2.45, 2.75) is 19.8 Å². The largest absolute Gasteiger partial charge is 0.461 e. The van der Waals surface area contributed by atoms with Gasteiger partial charge in [0.1, 0.15) is 5.00 Å². The smallest absolute Gasteiger partial charge is 0.360 e. The highest BCUT2D eigenvalue weighted by atomic mass is 32.1. The van der Waals surface area contributed by atoms with Crippen LogP contribution in [0.2, 0.25) is 0 Å². The Morgan fingerprint density at radius 2 is 2.15 bits per heavy atom. The zero-order chi connectivity index (χ0) is 14.8. The normalized spacial score (nSPS) is 16.3. The van der Waals surface area contributed by atoms with Gasteiger partial charge < -0.3 is 14.4 Å². The third kappa shape index (κ3) is 3.24. The second-order valence-electron chi connectivity index (χ2n) is 4.38. The SMILES string of the molecule is CCOC(=O)c1nc(C(C)(F)F)sc1N1CCOCC1. The Morgan fingerprint density at radius 3 is 2.70 bits per heavy atom. The van der Waals surface area contributed by atoms with Gasteiger partial charge in [0.05, 0.1) is 19.8 Å². The van der Waals surface area contributed by atoms with Gasteiger partial charge >= 0.3 is 5.97 Å². The van der Waals surface area contributed by atoms with E-state index in [0.29, 0.717) is 31.3 Å². The maximum Gasteiger partial charge on any atom is 0.360 e. The molecule has 20 heavy (non-hydrogen) atoms. The molecule has 8 heteroatoms. The summed E-state index contributed by atoms with van der Waals surface area (Å²) in [5.74, 6) is -3.74. The zero-order valence-corrected chi connectivity index (χ0v) is 12.1. The van der Waals surface area contributed by atoms with E-state index < -0.39 is 11.9 Å². The predicted molar refractivity (Wildman–Crippen MR) is 70.7 cm³/mol. The molecule has 112 valence electrons. The van der Waals surface area contributed by atoms with Crippen LogP contribution in [0.5, 0.6) is 0 Å². The molecule has 0 amide bonds. The summed E-state index contributed by atoms with van der Waals surface area (Å²) in [5, 5.41) is 0.0605. The van der Waals surface area contributed by atoms with Crippen molar-refractivity contribution >= 4 is 22.3 Å². The third-order valence-electron chi connectivity index (χ3n) is 2.75. The lowest BCUT2D eigenvalue weighted by Crippen LogP contribution is -2.36. The van der Waals surface area contributed by atoms with Crippen molar-refractivity contribution in [1.82, 2.24) is 4.98 Å². The van der Waals surface area contributed by atoms with Gasteiger partial charge in [0.2, 0.25) is 0 Å². The van der Waals surface area contributed by atoms with Gasteiger partial charge in [-0.15, -0.1) is 0 Å². The fourth-order valence-electron chi connectivity index (χ4n) is 1.81. The molecule has 1 fully saturated rings. The maximum absolute atomic E-state index is 13.4. The van der Waals surface area contributed by atoms with E-state index in [1.165, 1.54) is 0 Å². The summed E-state index contributed by atoms with van der Waals surface area (Å²) in [4.78, 5) is 17.5.